The van der Waals surface area contributed by atoms with E-state index in [4.69, 9.17) is 0 Å². The van der Waals surface area contributed by atoms with Crippen LogP contribution < -0.4 is 0 Å². The highest BCUT2D eigenvalue weighted by atomic mass is 32.2. The quantitative estimate of drug-likeness (QED) is 0.678. The van der Waals surface area contributed by atoms with E-state index in [0.29, 0.717) is 16.8 Å². The minimum absolute atomic E-state index is 0.148. The van der Waals surface area contributed by atoms with Crippen molar-refractivity contribution in [2.24, 2.45) is 0 Å². The van der Waals surface area contributed by atoms with Crippen molar-refractivity contribution in [3.05, 3.63) is 35.3 Å². The first-order valence-corrected chi connectivity index (χ1v) is 7.47. The Morgan fingerprint density at radius 2 is 2.05 bits per heavy atom. The van der Waals surface area contributed by atoms with E-state index in [1.165, 1.54) is 12.1 Å². The van der Waals surface area contributed by atoms with Crippen LogP contribution in [0.5, 0.6) is 5.75 Å². The fourth-order valence-electron chi connectivity index (χ4n) is 2.39. The molecule has 1 aliphatic rings. The zero-order valence-electron chi connectivity index (χ0n) is 11.0. The Kier molecular flexibility index (Phi) is 3.32. The van der Waals surface area contributed by atoms with Gasteiger partial charge in [0.05, 0.1) is 5.69 Å². The molecule has 0 aliphatic heterocycles. The van der Waals surface area contributed by atoms with Gasteiger partial charge in [0.25, 0.3) is 5.92 Å². The first-order valence-electron chi connectivity index (χ1n) is 6.24. The van der Waals surface area contributed by atoms with Crippen LogP contribution in [0.3, 0.4) is 0 Å². The topological polar surface area (TPSA) is 46.0 Å². The molecule has 1 aromatic heterocycles. The van der Waals surface area contributed by atoms with Gasteiger partial charge >= 0.3 is 0 Å². The summed E-state index contributed by atoms with van der Waals surface area (Å²) in [5.74, 6) is -4.28. The summed E-state index contributed by atoms with van der Waals surface area (Å²) in [6, 6.07) is 3.74. The molecule has 1 heterocycles. The fraction of sp³-hybridized carbons (Fsp3) is 0.286. The third-order valence-corrected chi connectivity index (χ3v) is 3.97. The number of benzene rings is 1. The van der Waals surface area contributed by atoms with Crippen LogP contribution in [0.2, 0.25) is 0 Å². The number of thioether (sulfide) groups is 1. The van der Waals surface area contributed by atoms with Crippen molar-refractivity contribution in [3.8, 4) is 17.0 Å². The smallest absolute Gasteiger partial charge is 0.290 e. The largest absolute Gasteiger partial charge is 0.505 e. The summed E-state index contributed by atoms with van der Waals surface area (Å²) in [5, 5.41) is 9.46. The summed E-state index contributed by atoms with van der Waals surface area (Å²) in [6.45, 7) is 0. The van der Waals surface area contributed by atoms with E-state index in [1.807, 2.05) is 0 Å². The number of rotatable bonds is 2. The molecule has 0 saturated carbocycles. The predicted octanol–water partition coefficient (Wildman–Crippen LogP) is 3.75. The van der Waals surface area contributed by atoms with Gasteiger partial charge in [-0.05, 0) is 30.9 Å². The molecule has 0 unspecified atom stereocenters. The molecule has 0 atom stereocenters. The molecule has 0 spiro atoms. The van der Waals surface area contributed by atoms with E-state index in [2.05, 4.69) is 9.97 Å². The maximum atomic E-state index is 13.9. The highest BCUT2D eigenvalue weighted by Crippen LogP contribution is 2.44. The number of hydrogen-bond acceptors (Lipinski definition) is 4. The van der Waals surface area contributed by atoms with Gasteiger partial charge in [0.1, 0.15) is 5.69 Å². The molecular weight excluding hydrogens is 301 g/mol. The third-order valence-electron chi connectivity index (χ3n) is 3.43. The Morgan fingerprint density at radius 1 is 1.29 bits per heavy atom. The minimum Gasteiger partial charge on any atom is -0.505 e. The van der Waals surface area contributed by atoms with Crippen LogP contribution in [0.15, 0.2) is 23.4 Å². The zero-order chi connectivity index (χ0) is 15.2. The number of hydrogen-bond donors (Lipinski definition) is 1. The number of alkyl halides is 2. The number of aromatic nitrogens is 2. The summed E-state index contributed by atoms with van der Waals surface area (Å²) in [7, 11) is 0. The standard InChI is InChI=1S/C14H11F3N2OS/c1-21-13-18-11(7-2-3-10(20)9(15)6-7)8-4-5-14(16,17)12(8)19-13/h2-3,6,20H,4-5H2,1H3. The average Bonchev–Trinajstić information content (AvgIpc) is 2.77. The molecule has 0 saturated heterocycles. The Bertz CT molecular complexity index is 722. The summed E-state index contributed by atoms with van der Waals surface area (Å²) in [6.07, 6.45) is 1.52. The van der Waals surface area contributed by atoms with Gasteiger partial charge in [-0.1, -0.05) is 11.8 Å². The Morgan fingerprint density at radius 3 is 2.71 bits per heavy atom. The molecule has 0 amide bonds. The van der Waals surface area contributed by atoms with Crippen molar-refractivity contribution in [2.45, 2.75) is 23.9 Å². The second-order valence-corrected chi connectivity index (χ2v) is 5.53. The van der Waals surface area contributed by atoms with Gasteiger partial charge in [-0.15, -0.1) is 0 Å². The third kappa shape index (κ3) is 2.35. The molecule has 1 aromatic carbocycles. The molecule has 3 nitrogen and oxygen atoms in total. The summed E-state index contributed by atoms with van der Waals surface area (Å²) < 4.78 is 41.3. The van der Waals surface area contributed by atoms with Gasteiger partial charge < -0.3 is 5.11 Å². The Hall–Kier alpha value is -1.76. The van der Waals surface area contributed by atoms with E-state index in [1.54, 1.807) is 6.26 Å². The molecule has 0 bridgehead atoms. The second-order valence-electron chi connectivity index (χ2n) is 4.76. The van der Waals surface area contributed by atoms with E-state index in [9.17, 15) is 18.3 Å². The van der Waals surface area contributed by atoms with Gasteiger partial charge in [-0.2, -0.15) is 8.78 Å². The van der Waals surface area contributed by atoms with Gasteiger partial charge in [0.15, 0.2) is 16.7 Å². The van der Waals surface area contributed by atoms with Crippen molar-refractivity contribution < 1.29 is 18.3 Å². The van der Waals surface area contributed by atoms with Crippen LogP contribution in [0.1, 0.15) is 17.7 Å². The molecule has 2 aromatic rings. The van der Waals surface area contributed by atoms with Crippen molar-refractivity contribution in [3.63, 3.8) is 0 Å². The van der Waals surface area contributed by atoms with Crippen LogP contribution in [0, 0.1) is 5.82 Å². The molecular formula is C14H11F3N2OS. The van der Waals surface area contributed by atoms with Crippen molar-refractivity contribution in [1.29, 1.82) is 0 Å². The van der Waals surface area contributed by atoms with Gasteiger partial charge in [-0.25, -0.2) is 14.4 Å². The number of aromatic hydroxyl groups is 1. The van der Waals surface area contributed by atoms with Crippen LogP contribution in [-0.4, -0.2) is 21.3 Å². The van der Waals surface area contributed by atoms with E-state index >= 15 is 0 Å². The van der Waals surface area contributed by atoms with Crippen molar-refractivity contribution >= 4 is 11.8 Å². The number of phenolic OH excluding ortho intramolecular Hbond substituents is 1. The van der Waals surface area contributed by atoms with Crippen LogP contribution in [0.4, 0.5) is 13.2 Å². The second kappa shape index (κ2) is 4.91. The highest BCUT2D eigenvalue weighted by Gasteiger charge is 2.43. The van der Waals surface area contributed by atoms with Gasteiger partial charge in [0.2, 0.25) is 0 Å². The van der Waals surface area contributed by atoms with Gasteiger partial charge in [-0.3, -0.25) is 0 Å². The monoisotopic (exact) mass is 312 g/mol. The maximum absolute atomic E-state index is 13.9. The highest BCUT2D eigenvalue weighted by molar-refractivity contribution is 7.98. The molecule has 0 radical (unpaired) electrons. The number of fused-ring (bicyclic) bond motifs is 1. The van der Waals surface area contributed by atoms with Crippen LogP contribution in [-0.2, 0) is 12.3 Å². The zero-order valence-corrected chi connectivity index (χ0v) is 11.8. The number of halogens is 3. The lowest BCUT2D eigenvalue weighted by Crippen LogP contribution is -2.11. The lowest BCUT2D eigenvalue weighted by atomic mass is 10.0. The Labute approximate surface area is 123 Å². The SMILES string of the molecule is CSc1nc(-c2ccc(O)c(F)c2)c2c(n1)C(F)(F)CC2. The molecule has 110 valence electrons. The van der Waals surface area contributed by atoms with Crippen molar-refractivity contribution in [2.75, 3.05) is 6.26 Å². The average molecular weight is 312 g/mol. The maximum Gasteiger partial charge on any atom is 0.290 e. The molecule has 7 heteroatoms. The molecule has 1 N–H and O–H groups in total. The van der Waals surface area contributed by atoms with E-state index < -0.39 is 17.5 Å². The number of nitrogens with zero attached hydrogens (tertiary/aromatic N) is 2. The Balaban J connectivity index is 2.23. The lowest BCUT2D eigenvalue weighted by molar-refractivity contribution is -0.00650. The molecule has 0 fully saturated rings. The summed E-state index contributed by atoms with van der Waals surface area (Å²) in [4.78, 5) is 8.15. The molecule has 1 aliphatic carbocycles. The molecule has 3 rings (SSSR count). The van der Waals surface area contributed by atoms with Crippen LogP contribution >= 0.6 is 11.8 Å². The fourth-order valence-corrected chi connectivity index (χ4v) is 2.75. The predicted molar refractivity (Wildman–Crippen MR) is 73.1 cm³/mol. The van der Waals surface area contributed by atoms with E-state index in [-0.39, 0.29) is 23.7 Å². The minimum atomic E-state index is -2.98. The summed E-state index contributed by atoms with van der Waals surface area (Å²) in [5.41, 5.74) is 0.741. The summed E-state index contributed by atoms with van der Waals surface area (Å²) >= 11 is 1.15. The van der Waals surface area contributed by atoms with Gasteiger partial charge in [0, 0.05) is 17.5 Å². The first kappa shape index (κ1) is 14.2. The lowest BCUT2D eigenvalue weighted by Gasteiger charge is -2.12. The first-order chi connectivity index (χ1) is 9.92. The number of phenols is 1. The molecule has 21 heavy (non-hydrogen) atoms. The normalized spacial score (nSPS) is 16.0. The van der Waals surface area contributed by atoms with E-state index in [0.717, 1.165) is 17.8 Å². The van der Waals surface area contributed by atoms with Crippen molar-refractivity contribution in [1.82, 2.24) is 9.97 Å². The van der Waals surface area contributed by atoms with Crippen LogP contribution in [0.25, 0.3) is 11.3 Å².